The Kier molecular flexibility index (Phi) is 7.18. The highest BCUT2D eigenvalue weighted by Gasteiger charge is 2.21. The second-order valence-electron chi connectivity index (χ2n) is 7.94. The van der Waals surface area contributed by atoms with Crippen LogP contribution in [0.3, 0.4) is 0 Å². The Morgan fingerprint density at radius 2 is 1.88 bits per heavy atom. The Balaban J connectivity index is 1.67. The monoisotopic (exact) mass is 448 g/mol. The minimum absolute atomic E-state index is 0.0275. The summed E-state index contributed by atoms with van der Waals surface area (Å²) in [6.07, 6.45) is 5.78. The van der Waals surface area contributed by atoms with Crippen LogP contribution in [0.1, 0.15) is 41.0 Å². The molecule has 170 valence electrons. The number of amides is 1. The predicted octanol–water partition coefficient (Wildman–Crippen LogP) is 3.71. The quantitative estimate of drug-likeness (QED) is 0.540. The third-order valence-electron chi connectivity index (χ3n) is 5.15. The van der Waals surface area contributed by atoms with Gasteiger partial charge >= 0.3 is 0 Å². The third kappa shape index (κ3) is 5.60. The van der Waals surface area contributed by atoms with Gasteiger partial charge in [-0.2, -0.15) is 5.26 Å². The predicted molar refractivity (Wildman–Crippen MR) is 122 cm³/mol. The van der Waals surface area contributed by atoms with Crippen LogP contribution in [0.5, 0.6) is 5.75 Å². The van der Waals surface area contributed by atoms with Crippen LogP contribution >= 0.6 is 0 Å². The van der Waals surface area contributed by atoms with Crippen molar-refractivity contribution < 1.29 is 13.9 Å². The van der Waals surface area contributed by atoms with Gasteiger partial charge in [-0.05, 0) is 62.1 Å². The maximum atomic E-state index is 14.6. The van der Waals surface area contributed by atoms with Crippen LogP contribution in [0, 0.1) is 17.1 Å². The van der Waals surface area contributed by atoms with Crippen molar-refractivity contribution in [1.82, 2.24) is 20.3 Å². The van der Waals surface area contributed by atoms with Crippen molar-refractivity contribution in [1.29, 1.82) is 5.26 Å². The smallest absolute Gasteiger partial charge is 0.251 e. The number of rotatable bonds is 8. The van der Waals surface area contributed by atoms with Crippen molar-refractivity contribution in [3.63, 3.8) is 0 Å². The number of methoxy groups -OCH3 is 1. The molecule has 1 amide bonds. The first-order valence-corrected chi connectivity index (χ1v) is 10.3. The Hall–Kier alpha value is -4.06. The number of carbonyl (C=O) groups excluding carboxylic acids is 1. The average molecular weight is 449 g/mol. The van der Waals surface area contributed by atoms with Crippen LogP contribution in [-0.4, -0.2) is 35.0 Å². The fourth-order valence-electron chi connectivity index (χ4n) is 3.11. The van der Waals surface area contributed by atoms with Crippen molar-refractivity contribution in [2.45, 2.75) is 32.1 Å². The van der Waals surface area contributed by atoms with E-state index in [2.05, 4.69) is 31.7 Å². The maximum Gasteiger partial charge on any atom is 0.251 e. The molecular formula is C24H25FN6O2. The number of nitriles is 1. The number of nitrogens with one attached hydrogen (secondary N) is 2. The van der Waals surface area contributed by atoms with Crippen molar-refractivity contribution in [2.75, 3.05) is 19.5 Å². The number of halogens is 1. The van der Waals surface area contributed by atoms with Gasteiger partial charge < -0.3 is 15.4 Å². The van der Waals surface area contributed by atoms with Crippen LogP contribution in [0.15, 0.2) is 42.9 Å². The van der Waals surface area contributed by atoms with Gasteiger partial charge in [0.05, 0.1) is 36.2 Å². The fourth-order valence-corrected chi connectivity index (χ4v) is 3.11. The van der Waals surface area contributed by atoms with E-state index >= 15 is 0 Å². The zero-order chi connectivity index (χ0) is 24.0. The van der Waals surface area contributed by atoms with E-state index in [-0.39, 0.29) is 11.7 Å². The van der Waals surface area contributed by atoms with Gasteiger partial charge in [-0.15, -0.1) is 0 Å². The molecule has 3 aromatic rings. The summed E-state index contributed by atoms with van der Waals surface area (Å²) in [7, 11) is 2.88. The molecule has 0 saturated carbocycles. The van der Waals surface area contributed by atoms with Gasteiger partial charge in [0.25, 0.3) is 5.91 Å². The normalized spacial score (nSPS) is 10.9. The molecule has 0 aliphatic carbocycles. The number of hydrogen-bond acceptors (Lipinski definition) is 7. The summed E-state index contributed by atoms with van der Waals surface area (Å²) >= 11 is 0. The second-order valence-corrected chi connectivity index (χ2v) is 7.94. The molecule has 2 heterocycles. The molecule has 0 unspecified atom stereocenters. The lowest BCUT2D eigenvalue weighted by Gasteiger charge is -2.14. The molecule has 1 aromatic carbocycles. The second kappa shape index (κ2) is 10.0. The average Bonchev–Trinajstić information content (AvgIpc) is 2.84. The highest BCUT2D eigenvalue weighted by molar-refractivity contribution is 5.94. The van der Waals surface area contributed by atoms with E-state index in [1.54, 1.807) is 38.5 Å². The molecule has 2 N–H and O–H groups in total. The summed E-state index contributed by atoms with van der Waals surface area (Å²) < 4.78 is 19.7. The molecule has 2 aromatic heterocycles. The van der Waals surface area contributed by atoms with E-state index in [4.69, 9.17) is 4.74 Å². The van der Waals surface area contributed by atoms with Crippen LogP contribution in [0.2, 0.25) is 0 Å². The Labute approximate surface area is 191 Å². The van der Waals surface area contributed by atoms with Gasteiger partial charge in [-0.25, -0.2) is 14.4 Å². The lowest BCUT2D eigenvalue weighted by molar-refractivity contribution is 0.0962. The molecule has 3 rings (SSSR count). The molecular weight excluding hydrogens is 423 g/mol. The van der Waals surface area contributed by atoms with Gasteiger partial charge in [0.15, 0.2) is 11.6 Å². The molecule has 0 aliphatic rings. The number of aromatic nitrogens is 3. The van der Waals surface area contributed by atoms with Gasteiger partial charge in [0.2, 0.25) is 5.95 Å². The van der Waals surface area contributed by atoms with E-state index in [1.807, 2.05) is 6.07 Å². The first-order valence-electron chi connectivity index (χ1n) is 10.3. The Bertz CT molecular complexity index is 1170. The van der Waals surface area contributed by atoms with Crippen molar-refractivity contribution in [2.24, 2.45) is 0 Å². The molecule has 0 saturated heterocycles. The summed E-state index contributed by atoms with van der Waals surface area (Å²) in [5.74, 6) is -0.381. The standard InChI is InChI=1S/C24H25FN6O2/c1-24(2,14-26)20-8-7-18(13-28-20)31-23-29-11-15(12-30-23)5-6-16-9-17(22(32)27-3)10-19(33-4)21(16)25/h7-13H,5-6H2,1-4H3,(H,27,32)(H,29,30,31). The van der Waals surface area contributed by atoms with E-state index in [9.17, 15) is 14.4 Å². The molecule has 0 radical (unpaired) electrons. The maximum absolute atomic E-state index is 14.6. The summed E-state index contributed by atoms with van der Waals surface area (Å²) in [4.78, 5) is 24.9. The van der Waals surface area contributed by atoms with Gasteiger partial charge in [0.1, 0.15) is 0 Å². The number of carbonyl (C=O) groups is 1. The first kappa shape index (κ1) is 23.6. The van der Waals surface area contributed by atoms with Gasteiger partial charge in [0, 0.05) is 25.0 Å². The van der Waals surface area contributed by atoms with Crippen molar-refractivity contribution >= 4 is 17.5 Å². The van der Waals surface area contributed by atoms with Crippen LogP contribution < -0.4 is 15.4 Å². The molecule has 33 heavy (non-hydrogen) atoms. The van der Waals surface area contributed by atoms with Crippen LogP contribution in [-0.2, 0) is 18.3 Å². The Morgan fingerprint density at radius 1 is 1.15 bits per heavy atom. The molecule has 8 nitrogen and oxygen atoms in total. The number of hydrogen-bond donors (Lipinski definition) is 2. The summed E-state index contributed by atoms with van der Waals surface area (Å²) in [5, 5.41) is 14.8. The van der Waals surface area contributed by atoms with E-state index in [0.29, 0.717) is 41.3 Å². The molecule has 0 fully saturated rings. The van der Waals surface area contributed by atoms with Gasteiger partial charge in [-0.1, -0.05) is 0 Å². The zero-order valence-corrected chi connectivity index (χ0v) is 18.9. The Morgan fingerprint density at radius 3 is 2.45 bits per heavy atom. The molecule has 0 aliphatic heterocycles. The van der Waals surface area contributed by atoms with E-state index < -0.39 is 11.2 Å². The summed E-state index contributed by atoms with van der Waals surface area (Å²) in [5.41, 5.74) is 2.23. The fraction of sp³-hybridized carbons (Fsp3) is 0.292. The summed E-state index contributed by atoms with van der Waals surface area (Å²) in [6.45, 7) is 3.61. The first-order chi connectivity index (χ1) is 15.8. The van der Waals surface area contributed by atoms with Crippen molar-refractivity contribution in [3.8, 4) is 11.8 Å². The van der Waals surface area contributed by atoms with Crippen LogP contribution in [0.4, 0.5) is 16.0 Å². The lowest BCUT2D eigenvalue weighted by Crippen LogP contribution is -2.18. The SMILES string of the molecule is CNC(=O)c1cc(CCc2cnc(Nc3ccc(C(C)(C)C#N)nc3)nc2)c(F)c(OC)c1. The number of ether oxygens (including phenoxy) is 1. The third-order valence-corrected chi connectivity index (χ3v) is 5.15. The lowest BCUT2D eigenvalue weighted by atomic mass is 9.91. The summed E-state index contributed by atoms with van der Waals surface area (Å²) in [6, 6.07) is 8.73. The highest BCUT2D eigenvalue weighted by Crippen LogP contribution is 2.25. The number of nitrogens with zero attached hydrogens (tertiary/aromatic N) is 4. The number of aryl methyl sites for hydroxylation is 2. The van der Waals surface area contributed by atoms with Crippen LogP contribution in [0.25, 0.3) is 0 Å². The highest BCUT2D eigenvalue weighted by atomic mass is 19.1. The number of pyridine rings is 1. The largest absolute Gasteiger partial charge is 0.494 e. The number of anilines is 2. The minimum Gasteiger partial charge on any atom is -0.494 e. The minimum atomic E-state index is -0.667. The molecule has 0 atom stereocenters. The van der Waals surface area contributed by atoms with Gasteiger partial charge in [-0.3, -0.25) is 9.78 Å². The van der Waals surface area contributed by atoms with E-state index in [0.717, 1.165) is 5.56 Å². The molecule has 0 spiro atoms. The zero-order valence-electron chi connectivity index (χ0n) is 18.9. The number of benzene rings is 1. The molecule has 0 bridgehead atoms. The molecule has 9 heteroatoms. The topological polar surface area (TPSA) is 113 Å². The van der Waals surface area contributed by atoms with Crippen molar-refractivity contribution in [3.05, 3.63) is 71.1 Å². The van der Waals surface area contributed by atoms with E-state index in [1.165, 1.54) is 26.3 Å².